The van der Waals surface area contributed by atoms with Crippen LogP contribution in [-0.4, -0.2) is 28.7 Å². The molecule has 0 spiro atoms. The number of fused-ring (bicyclic) bond motifs is 1. The van der Waals surface area contributed by atoms with E-state index in [4.69, 9.17) is 4.74 Å². The van der Waals surface area contributed by atoms with Gasteiger partial charge < -0.3 is 9.64 Å². The van der Waals surface area contributed by atoms with Crippen molar-refractivity contribution in [3.63, 3.8) is 0 Å². The van der Waals surface area contributed by atoms with Gasteiger partial charge in [-0.2, -0.15) is 4.68 Å². The summed E-state index contributed by atoms with van der Waals surface area (Å²) in [6.07, 6.45) is 1.99. The molecule has 34 heavy (non-hydrogen) atoms. The van der Waals surface area contributed by atoms with Crippen LogP contribution in [0.4, 0.5) is 10.3 Å². The van der Waals surface area contributed by atoms with Gasteiger partial charge in [0.05, 0.1) is 17.3 Å². The first kappa shape index (κ1) is 21.6. The third kappa shape index (κ3) is 4.61. The second kappa shape index (κ2) is 9.35. The molecule has 1 aromatic heterocycles. The maximum absolute atomic E-state index is 13.7. The van der Waals surface area contributed by atoms with Crippen LogP contribution in [0.2, 0.25) is 0 Å². The summed E-state index contributed by atoms with van der Waals surface area (Å²) in [6, 6.07) is 20.5. The van der Waals surface area contributed by atoms with Gasteiger partial charge in [-0.15, -0.1) is 0 Å². The molecule has 0 atom stereocenters. The highest BCUT2D eigenvalue weighted by Gasteiger charge is 2.21. The summed E-state index contributed by atoms with van der Waals surface area (Å²) in [7, 11) is 0. The lowest BCUT2D eigenvalue weighted by molar-refractivity contribution is -0.116. The standard InChI is InChI=1S/C26H23FN4O3/c27-19-10-13-22-23(17-19)28-26(30-14-4-5-15-30)31(25(22)33)29-24(32)16-18-8-11-21(12-9-18)34-20-6-2-1-3-7-20/h1-3,6-13,17H,4-5,14-16H2,(H,29,32). The van der Waals surface area contributed by atoms with Crippen LogP contribution >= 0.6 is 0 Å². The topological polar surface area (TPSA) is 76.5 Å². The molecule has 1 amide bonds. The van der Waals surface area contributed by atoms with Gasteiger partial charge in [0.15, 0.2) is 0 Å². The molecule has 0 unspecified atom stereocenters. The fourth-order valence-corrected chi connectivity index (χ4v) is 4.03. The summed E-state index contributed by atoms with van der Waals surface area (Å²) in [6.45, 7) is 1.43. The van der Waals surface area contributed by atoms with Gasteiger partial charge in [0.1, 0.15) is 17.3 Å². The van der Waals surface area contributed by atoms with Gasteiger partial charge in [0, 0.05) is 19.2 Å². The van der Waals surface area contributed by atoms with E-state index in [0.29, 0.717) is 24.8 Å². The minimum atomic E-state index is -0.465. The number of anilines is 1. The first-order valence-electron chi connectivity index (χ1n) is 11.2. The second-order valence-corrected chi connectivity index (χ2v) is 8.18. The number of nitrogens with zero attached hydrogens (tertiary/aromatic N) is 3. The van der Waals surface area contributed by atoms with Crippen LogP contribution < -0.4 is 20.6 Å². The molecule has 2 heterocycles. The summed E-state index contributed by atoms with van der Waals surface area (Å²) in [4.78, 5) is 32.5. The number of carbonyl (C=O) groups excluding carboxylic acids is 1. The zero-order chi connectivity index (χ0) is 23.5. The highest BCUT2D eigenvalue weighted by atomic mass is 19.1. The highest BCUT2D eigenvalue weighted by Crippen LogP contribution is 2.22. The third-order valence-corrected chi connectivity index (χ3v) is 5.71. The molecular formula is C26H23FN4O3. The minimum absolute atomic E-state index is 0.0684. The Hall–Kier alpha value is -4.20. The van der Waals surface area contributed by atoms with Crippen LogP contribution in [0, 0.1) is 5.82 Å². The van der Waals surface area contributed by atoms with Gasteiger partial charge in [-0.25, -0.2) is 9.37 Å². The number of ether oxygens (including phenoxy) is 1. The Morgan fingerprint density at radius 3 is 2.41 bits per heavy atom. The smallest absolute Gasteiger partial charge is 0.281 e. The summed E-state index contributed by atoms with van der Waals surface area (Å²) in [5, 5.41) is 0.243. The minimum Gasteiger partial charge on any atom is -0.457 e. The van der Waals surface area contributed by atoms with Crippen molar-refractivity contribution in [1.82, 2.24) is 9.66 Å². The number of hydrogen-bond acceptors (Lipinski definition) is 5. The van der Waals surface area contributed by atoms with Gasteiger partial charge in [-0.05, 0) is 54.8 Å². The van der Waals surface area contributed by atoms with Crippen molar-refractivity contribution in [2.75, 3.05) is 23.4 Å². The molecule has 1 aliphatic rings. The second-order valence-electron chi connectivity index (χ2n) is 8.18. The number of benzene rings is 3. The Morgan fingerprint density at radius 2 is 1.68 bits per heavy atom. The van der Waals surface area contributed by atoms with E-state index in [1.165, 1.54) is 22.9 Å². The van der Waals surface area contributed by atoms with E-state index in [-0.39, 0.29) is 23.2 Å². The Labute approximate surface area is 195 Å². The van der Waals surface area contributed by atoms with E-state index >= 15 is 0 Å². The fraction of sp³-hybridized carbons (Fsp3) is 0.192. The Balaban J connectivity index is 1.36. The summed E-state index contributed by atoms with van der Waals surface area (Å²) in [5.41, 5.74) is 3.30. The normalized spacial score (nSPS) is 13.3. The van der Waals surface area contributed by atoms with Crippen molar-refractivity contribution in [3.05, 3.63) is 94.5 Å². The maximum atomic E-state index is 13.7. The van der Waals surface area contributed by atoms with Gasteiger partial charge >= 0.3 is 0 Å². The highest BCUT2D eigenvalue weighted by molar-refractivity contribution is 5.87. The molecule has 1 N–H and O–H groups in total. The van der Waals surface area contributed by atoms with Gasteiger partial charge in [0.25, 0.3) is 5.56 Å². The van der Waals surface area contributed by atoms with Gasteiger partial charge in [-0.1, -0.05) is 30.3 Å². The number of rotatable bonds is 6. The number of carbonyl (C=O) groups is 1. The molecule has 0 aliphatic carbocycles. The van der Waals surface area contributed by atoms with Crippen LogP contribution in [0.1, 0.15) is 18.4 Å². The van der Waals surface area contributed by atoms with Crippen molar-refractivity contribution in [2.45, 2.75) is 19.3 Å². The monoisotopic (exact) mass is 458 g/mol. The van der Waals surface area contributed by atoms with Crippen LogP contribution in [0.15, 0.2) is 77.6 Å². The van der Waals surface area contributed by atoms with Crippen molar-refractivity contribution in [2.24, 2.45) is 0 Å². The molecule has 7 nitrogen and oxygen atoms in total. The molecule has 1 aliphatic heterocycles. The number of amides is 1. The largest absolute Gasteiger partial charge is 0.457 e. The predicted molar refractivity (Wildman–Crippen MR) is 128 cm³/mol. The SMILES string of the molecule is O=C(Cc1ccc(Oc2ccccc2)cc1)Nn1c(N2CCCC2)nc2cc(F)ccc2c1=O. The van der Waals surface area contributed by atoms with Crippen LogP contribution in [-0.2, 0) is 11.2 Å². The molecule has 5 rings (SSSR count). The van der Waals surface area contributed by atoms with Gasteiger partial charge in [-0.3, -0.25) is 15.0 Å². The molecule has 0 saturated carbocycles. The summed E-state index contributed by atoms with van der Waals surface area (Å²) < 4.78 is 20.7. The molecule has 1 saturated heterocycles. The summed E-state index contributed by atoms with van der Waals surface area (Å²) >= 11 is 0. The predicted octanol–water partition coefficient (Wildman–Crippen LogP) is 4.24. The van der Waals surface area contributed by atoms with Crippen LogP contribution in [0.3, 0.4) is 0 Å². The molecule has 0 bridgehead atoms. The molecule has 3 aromatic carbocycles. The fourth-order valence-electron chi connectivity index (χ4n) is 4.03. The molecule has 4 aromatic rings. The van der Waals surface area contributed by atoms with E-state index in [1.54, 1.807) is 12.1 Å². The Morgan fingerprint density at radius 1 is 0.971 bits per heavy atom. The molecule has 1 fully saturated rings. The number of hydrogen-bond donors (Lipinski definition) is 1. The van der Waals surface area contributed by atoms with Crippen LogP contribution in [0.5, 0.6) is 11.5 Å². The Bertz CT molecular complexity index is 1380. The van der Waals surface area contributed by atoms with Crippen LogP contribution in [0.25, 0.3) is 10.9 Å². The third-order valence-electron chi connectivity index (χ3n) is 5.71. The quantitative estimate of drug-likeness (QED) is 0.468. The zero-order valence-electron chi connectivity index (χ0n) is 18.4. The number of halogens is 1. The van der Waals surface area contributed by atoms with Crippen molar-refractivity contribution < 1.29 is 13.9 Å². The Kier molecular flexibility index (Phi) is 5.95. The molecule has 8 heteroatoms. The average molecular weight is 458 g/mol. The molecule has 172 valence electrons. The molecular weight excluding hydrogens is 435 g/mol. The zero-order valence-corrected chi connectivity index (χ0v) is 18.4. The van der Waals surface area contributed by atoms with E-state index in [9.17, 15) is 14.0 Å². The van der Waals surface area contributed by atoms with E-state index < -0.39 is 11.4 Å². The first-order valence-corrected chi connectivity index (χ1v) is 11.2. The van der Waals surface area contributed by atoms with E-state index in [1.807, 2.05) is 47.4 Å². The lowest BCUT2D eigenvalue weighted by Crippen LogP contribution is -2.39. The summed E-state index contributed by atoms with van der Waals surface area (Å²) in [5.74, 6) is 0.885. The van der Waals surface area contributed by atoms with E-state index in [0.717, 1.165) is 24.2 Å². The maximum Gasteiger partial charge on any atom is 0.281 e. The number of aromatic nitrogens is 2. The molecule has 0 radical (unpaired) electrons. The van der Waals surface area contributed by atoms with E-state index in [2.05, 4.69) is 10.4 Å². The van der Waals surface area contributed by atoms with Crippen molar-refractivity contribution in [1.29, 1.82) is 0 Å². The van der Waals surface area contributed by atoms with Gasteiger partial charge in [0.2, 0.25) is 11.9 Å². The number of para-hydroxylation sites is 1. The van der Waals surface area contributed by atoms with Crippen molar-refractivity contribution in [3.8, 4) is 11.5 Å². The van der Waals surface area contributed by atoms with Crippen molar-refractivity contribution >= 4 is 22.8 Å². The first-order chi connectivity index (χ1) is 16.6. The average Bonchev–Trinajstić information content (AvgIpc) is 3.37. The lowest BCUT2D eigenvalue weighted by atomic mass is 10.1. The lowest BCUT2D eigenvalue weighted by Gasteiger charge is -2.22. The number of nitrogens with one attached hydrogen (secondary N) is 1.